The Hall–Kier alpha value is -0.510. The quantitative estimate of drug-likeness (QED) is 0.403. The molecular formula is C12H7Br2F2NS. The van der Waals surface area contributed by atoms with Gasteiger partial charge in [0.2, 0.25) is 0 Å². The summed E-state index contributed by atoms with van der Waals surface area (Å²) >= 11 is 7.11. The van der Waals surface area contributed by atoms with Gasteiger partial charge in [-0.25, -0.2) is 0 Å². The molecule has 0 radical (unpaired) electrons. The van der Waals surface area contributed by atoms with E-state index in [1.165, 1.54) is 0 Å². The molecule has 0 bridgehead atoms. The number of alkyl halides is 3. The number of pyridine rings is 1. The average molecular weight is 395 g/mol. The van der Waals surface area contributed by atoms with E-state index in [0.717, 1.165) is 9.99 Å². The lowest BCUT2D eigenvalue weighted by molar-refractivity contribution is 0.252. The molecule has 2 aromatic heterocycles. The van der Waals surface area contributed by atoms with Crippen LogP contribution in [0.4, 0.5) is 8.78 Å². The molecular weight excluding hydrogens is 388 g/mol. The lowest BCUT2D eigenvalue weighted by atomic mass is 10.3. The highest BCUT2D eigenvalue weighted by Crippen LogP contribution is 2.33. The van der Waals surface area contributed by atoms with Crippen molar-refractivity contribution in [2.75, 3.05) is 5.33 Å². The second-order valence-electron chi connectivity index (χ2n) is 3.29. The van der Waals surface area contributed by atoms with Crippen LogP contribution in [-0.2, 0) is 0 Å². The summed E-state index contributed by atoms with van der Waals surface area (Å²) in [6.07, 6.45) is 1.75. The van der Waals surface area contributed by atoms with Crippen LogP contribution >= 0.6 is 43.6 Å². The van der Waals surface area contributed by atoms with Crippen molar-refractivity contribution in [3.63, 3.8) is 0 Å². The zero-order valence-corrected chi connectivity index (χ0v) is 12.9. The molecule has 0 aromatic carbocycles. The van der Waals surface area contributed by atoms with Crippen molar-refractivity contribution < 1.29 is 8.78 Å². The maximum Gasteiger partial charge on any atom is 0.290 e. The van der Waals surface area contributed by atoms with Crippen LogP contribution in [0.5, 0.6) is 0 Å². The molecule has 6 heteroatoms. The van der Waals surface area contributed by atoms with E-state index in [2.05, 4.69) is 43.7 Å². The lowest BCUT2D eigenvalue weighted by Crippen LogP contribution is -1.90. The summed E-state index contributed by atoms with van der Waals surface area (Å²) in [5.74, 6) is 3.26. The van der Waals surface area contributed by atoms with Gasteiger partial charge in [-0.3, -0.25) is 0 Å². The Balaban J connectivity index is 2.64. The molecule has 18 heavy (non-hydrogen) atoms. The van der Waals surface area contributed by atoms with Gasteiger partial charge in [-0.2, -0.15) is 8.78 Å². The summed E-state index contributed by atoms with van der Waals surface area (Å²) in [7, 11) is 0. The molecule has 0 aliphatic heterocycles. The third-order valence-electron chi connectivity index (χ3n) is 2.20. The fourth-order valence-electron chi connectivity index (χ4n) is 1.56. The van der Waals surface area contributed by atoms with Gasteiger partial charge in [0.1, 0.15) is 5.03 Å². The third kappa shape index (κ3) is 2.90. The molecule has 0 saturated carbocycles. The predicted molar refractivity (Wildman–Crippen MR) is 77.6 cm³/mol. The van der Waals surface area contributed by atoms with Crippen LogP contribution < -0.4 is 0 Å². The Morgan fingerprint density at radius 1 is 1.44 bits per heavy atom. The van der Waals surface area contributed by atoms with Crippen molar-refractivity contribution in [2.24, 2.45) is 0 Å². The number of hydrogen-bond donors (Lipinski definition) is 0. The molecule has 2 rings (SSSR count). The van der Waals surface area contributed by atoms with Crippen molar-refractivity contribution in [1.82, 2.24) is 4.40 Å². The normalized spacial score (nSPS) is 10.7. The Bertz CT molecular complexity index is 628. The molecule has 0 amide bonds. The maximum absolute atomic E-state index is 12.6. The Kier molecular flexibility index (Phi) is 4.71. The predicted octanol–water partition coefficient (Wildman–Crippen LogP) is 4.76. The minimum atomic E-state index is -2.47. The van der Waals surface area contributed by atoms with Gasteiger partial charge in [-0.15, -0.1) is 0 Å². The molecule has 2 heterocycles. The van der Waals surface area contributed by atoms with Gasteiger partial charge in [0.25, 0.3) is 5.76 Å². The second kappa shape index (κ2) is 6.09. The molecule has 0 fully saturated rings. The van der Waals surface area contributed by atoms with E-state index in [1.807, 2.05) is 12.1 Å². The summed E-state index contributed by atoms with van der Waals surface area (Å²) in [5, 5.41) is 0.980. The largest absolute Gasteiger partial charge is 0.309 e. The number of halogens is 4. The first-order valence-electron chi connectivity index (χ1n) is 4.92. The molecule has 0 unspecified atom stereocenters. The first-order valence-corrected chi connectivity index (χ1v) is 7.72. The molecule has 0 N–H and O–H groups in total. The standard InChI is InChI=1S/C12H7Br2F2NS/c13-5-1-3-8-7-10-9(14)4-2-6-17(10)11(8)18-12(15)16/h2,4,6-7,12H,5H2. The number of nitrogens with zero attached hydrogens (tertiary/aromatic N) is 1. The number of aromatic nitrogens is 1. The van der Waals surface area contributed by atoms with Gasteiger partial charge < -0.3 is 4.40 Å². The lowest BCUT2D eigenvalue weighted by Gasteiger charge is -2.03. The molecule has 94 valence electrons. The molecule has 0 spiro atoms. The smallest absolute Gasteiger partial charge is 0.290 e. The van der Waals surface area contributed by atoms with Crippen molar-refractivity contribution in [1.29, 1.82) is 0 Å². The maximum atomic E-state index is 12.6. The highest BCUT2D eigenvalue weighted by Gasteiger charge is 2.15. The fraction of sp³-hybridized carbons (Fsp3) is 0.167. The molecule has 0 atom stereocenters. The highest BCUT2D eigenvalue weighted by molar-refractivity contribution is 9.10. The molecule has 0 aliphatic carbocycles. The Labute approximate surface area is 124 Å². The van der Waals surface area contributed by atoms with E-state index in [1.54, 1.807) is 16.7 Å². The molecule has 0 saturated heterocycles. The third-order valence-corrected chi connectivity index (χ3v) is 3.97. The van der Waals surface area contributed by atoms with Crippen LogP contribution in [0.25, 0.3) is 5.52 Å². The average Bonchev–Trinajstić information content (AvgIpc) is 2.66. The summed E-state index contributed by atoms with van der Waals surface area (Å²) in [6, 6.07) is 5.48. The van der Waals surface area contributed by atoms with Gasteiger partial charge in [-0.05, 0) is 45.9 Å². The van der Waals surface area contributed by atoms with Gasteiger partial charge in [-0.1, -0.05) is 27.8 Å². The van der Waals surface area contributed by atoms with Crippen LogP contribution in [0.3, 0.4) is 0 Å². The van der Waals surface area contributed by atoms with Crippen molar-refractivity contribution >= 4 is 49.1 Å². The van der Waals surface area contributed by atoms with Gasteiger partial charge in [0, 0.05) is 10.7 Å². The van der Waals surface area contributed by atoms with E-state index in [9.17, 15) is 8.78 Å². The first-order chi connectivity index (χ1) is 8.63. The van der Waals surface area contributed by atoms with E-state index < -0.39 is 5.76 Å². The highest BCUT2D eigenvalue weighted by atomic mass is 79.9. The molecule has 2 aromatic rings. The Morgan fingerprint density at radius 3 is 2.89 bits per heavy atom. The minimum absolute atomic E-state index is 0.467. The zero-order valence-electron chi connectivity index (χ0n) is 8.96. The fourth-order valence-corrected chi connectivity index (χ4v) is 2.84. The van der Waals surface area contributed by atoms with Crippen molar-refractivity contribution in [3.05, 3.63) is 34.4 Å². The van der Waals surface area contributed by atoms with Gasteiger partial charge in [0.15, 0.2) is 0 Å². The summed E-state index contributed by atoms with van der Waals surface area (Å²) in [6.45, 7) is 0. The van der Waals surface area contributed by atoms with Gasteiger partial charge in [0.05, 0.1) is 16.4 Å². The van der Waals surface area contributed by atoms with Crippen LogP contribution in [0.1, 0.15) is 5.56 Å². The second-order valence-corrected chi connectivity index (χ2v) is 5.68. The Morgan fingerprint density at radius 2 is 2.22 bits per heavy atom. The zero-order chi connectivity index (χ0) is 13.1. The van der Waals surface area contributed by atoms with Crippen molar-refractivity contribution in [2.45, 2.75) is 10.8 Å². The monoisotopic (exact) mass is 393 g/mol. The number of hydrogen-bond acceptors (Lipinski definition) is 1. The van der Waals surface area contributed by atoms with E-state index in [0.29, 0.717) is 27.7 Å². The van der Waals surface area contributed by atoms with E-state index >= 15 is 0 Å². The SMILES string of the molecule is FC(F)Sc1c(C#CCBr)cc2c(Br)cccn12. The summed E-state index contributed by atoms with van der Waals surface area (Å²) < 4.78 is 27.8. The van der Waals surface area contributed by atoms with E-state index in [4.69, 9.17) is 0 Å². The number of thioether (sulfide) groups is 1. The van der Waals surface area contributed by atoms with Crippen LogP contribution in [-0.4, -0.2) is 15.5 Å². The van der Waals surface area contributed by atoms with Gasteiger partial charge >= 0.3 is 0 Å². The van der Waals surface area contributed by atoms with Crippen LogP contribution in [0, 0.1) is 11.8 Å². The molecule has 0 aliphatic rings. The van der Waals surface area contributed by atoms with E-state index in [-0.39, 0.29) is 0 Å². The summed E-state index contributed by atoms with van der Waals surface area (Å²) in [5.41, 5.74) is 1.45. The number of rotatable bonds is 2. The first kappa shape index (κ1) is 13.9. The number of fused-ring (bicyclic) bond motifs is 1. The van der Waals surface area contributed by atoms with Crippen LogP contribution in [0.2, 0.25) is 0 Å². The minimum Gasteiger partial charge on any atom is -0.309 e. The summed E-state index contributed by atoms with van der Waals surface area (Å²) in [4.78, 5) is 0. The van der Waals surface area contributed by atoms with Crippen LogP contribution in [0.15, 0.2) is 33.9 Å². The van der Waals surface area contributed by atoms with Crippen molar-refractivity contribution in [3.8, 4) is 11.8 Å². The molecule has 1 nitrogen and oxygen atoms in total. The topological polar surface area (TPSA) is 4.41 Å².